The van der Waals surface area contributed by atoms with Crippen molar-refractivity contribution < 1.29 is 13.8 Å². The fourth-order valence-electron chi connectivity index (χ4n) is 3.10. The van der Waals surface area contributed by atoms with Crippen molar-refractivity contribution in [3.05, 3.63) is 89.6 Å². The Balaban J connectivity index is 2.33. The molecule has 4 nitrogen and oxygen atoms in total. The van der Waals surface area contributed by atoms with Crippen LogP contribution in [0.4, 0.5) is 0 Å². The Bertz CT molecular complexity index is 907. The lowest BCUT2D eigenvalue weighted by Crippen LogP contribution is -2.22. The van der Waals surface area contributed by atoms with Gasteiger partial charge in [0, 0.05) is 37.4 Å². The summed E-state index contributed by atoms with van der Waals surface area (Å²) in [6.45, 7) is 1.50. The van der Waals surface area contributed by atoms with Crippen molar-refractivity contribution in [1.29, 1.82) is 0 Å². The third-order valence-corrected chi connectivity index (χ3v) is 7.26. The van der Waals surface area contributed by atoms with Gasteiger partial charge in [0.15, 0.2) is 7.34 Å². The summed E-state index contributed by atoms with van der Waals surface area (Å²) in [5, 5.41) is 4.78. The van der Waals surface area contributed by atoms with E-state index in [-0.39, 0.29) is 5.91 Å². The van der Waals surface area contributed by atoms with Crippen LogP contribution in [0.25, 0.3) is 5.31 Å². The summed E-state index contributed by atoms with van der Waals surface area (Å²) >= 11 is 0. The number of allylic oxidation sites excluding steroid dienone is 2. The number of carbonyl (C=O) groups excluding carboxylic acids is 1. The van der Waals surface area contributed by atoms with Crippen molar-refractivity contribution in [2.45, 2.75) is 6.92 Å². The molecule has 2 aromatic carbocycles. The minimum atomic E-state index is -2.55. The van der Waals surface area contributed by atoms with Crippen molar-refractivity contribution in [3.8, 4) is 0 Å². The average Bonchev–Trinajstić information content (AvgIpc) is 2.68. The van der Waals surface area contributed by atoms with E-state index in [4.69, 9.17) is 9.05 Å². The molecule has 1 aliphatic rings. The summed E-state index contributed by atoms with van der Waals surface area (Å²) in [5.41, 5.74) is 2.74. The summed E-state index contributed by atoms with van der Waals surface area (Å²) in [6.07, 6.45) is 3.90. The van der Waals surface area contributed by atoms with E-state index in [0.717, 1.165) is 27.4 Å². The molecule has 5 heteroatoms. The molecule has 1 aliphatic heterocycles. The molecule has 3 rings (SSSR count). The van der Waals surface area contributed by atoms with Gasteiger partial charge in [0.1, 0.15) is 0 Å². The van der Waals surface area contributed by atoms with Gasteiger partial charge in [0.05, 0.1) is 0 Å². The maximum Gasteiger partial charge on any atom is 0.221 e. The molecule has 1 amide bonds. The van der Waals surface area contributed by atoms with Crippen LogP contribution in [0.5, 0.6) is 0 Å². The van der Waals surface area contributed by atoms with Crippen molar-refractivity contribution in [3.63, 3.8) is 0 Å². The molecule has 0 saturated carbocycles. The van der Waals surface area contributed by atoms with Gasteiger partial charge in [-0.2, -0.15) is 0 Å². The molecule has 0 unspecified atom stereocenters. The molecular formula is C21H22NO3P. The molecule has 0 aromatic heterocycles. The quantitative estimate of drug-likeness (QED) is 0.796. The second kappa shape index (κ2) is 7.88. The molecule has 0 fully saturated rings. The molecule has 0 aliphatic carbocycles. The maximum atomic E-state index is 11.7. The molecule has 0 bridgehead atoms. The maximum absolute atomic E-state index is 11.7. The number of benzene rings is 2. The summed E-state index contributed by atoms with van der Waals surface area (Å²) in [6, 6.07) is 20.0. The highest BCUT2D eigenvalue weighted by Gasteiger charge is 2.32. The molecule has 26 heavy (non-hydrogen) atoms. The molecule has 0 saturated heterocycles. The zero-order valence-corrected chi connectivity index (χ0v) is 16.0. The van der Waals surface area contributed by atoms with Crippen molar-refractivity contribution in [2.75, 3.05) is 14.2 Å². The van der Waals surface area contributed by atoms with Gasteiger partial charge < -0.3 is 14.4 Å². The smallest absolute Gasteiger partial charge is 0.221 e. The Hall–Kier alpha value is -2.39. The van der Waals surface area contributed by atoms with Crippen LogP contribution >= 0.6 is 7.34 Å². The van der Waals surface area contributed by atoms with Crippen LogP contribution in [0, 0.1) is 0 Å². The number of amides is 1. The third-order valence-electron chi connectivity index (χ3n) is 4.19. The number of hydrogen-bond acceptors (Lipinski definition) is 3. The first-order valence-corrected chi connectivity index (χ1v) is 9.93. The summed E-state index contributed by atoms with van der Waals surface area (Å²) < 4.78 is 12.1. The fraction of sp³-hybridized carbons (Fsp3) is 0.143. The monoisotopic (exact) mass is 367 g/mol. The van der Waals surface area contributed by atoms with Crippen molar-refractivity contribution in [1.82, 2.24) is 5.32 Å². The first-order valence-electron chi connectivity index (χ1n) is 8.31. The van der Waals surface area contributed by atoms with Crippen LogP contribution in [0.2, 0.25) is 0 Å². The van der Waals surface area contributed by atoms with Gasteiger partial charge in [-0.05, 0) is 23.3 Å². The second-order valence-electron chi connectivity index (χ2n) is 5.84. The highest BCUT2D eigenvalue weighted by molar-refractivity contribution is 7.78. The normalized spacial score (nSPS) is 15.9. The molecular weight excluding hydrogens is 345 g/mol. The SMILES string of the molecule is COP1(OC)=C(c2ccccc2)C=C(NC(C)=O)C=C1c1ccccc1. The highest BCUT2D eigenvalue weighted by atomic mass is 31.2. The molecule has 2 aromatic rings. The molecule has 0 atom stereocenters. The lowest BCUT2D eigenvalue weighted by molar-refractivity contribution is -0.118. The molecule has 0 spiro atoms. The Morgan fingerprint density at radius 2 is 1.38 bits per heavy atom. The van der Waals surface area contributed by atoms with E-state index in [2.05, 4.69) is 5.32 Å². The van der Waals surface area contributed by atoms with E-state index >= 15 is 0 Å². The topological polar surface area (TPSA) is 47.6 Å². The van der Waals surface area contributed by atoms with Crippen molar-refractivity contribution in [2.24, 2.45) is 0 Å². The number of hydrogen-bond donors (Lipinski definition) is 1. The highest BCUT2D eigenvalue weighted by Crippen LogP contribution is 2.64. The summed E-state index contributed by atoms with van der Waals surface area (Å²) in [4.78, 5) is 11.7. The van der Waals surface area contributed by atoms with Crippen LogP contribution in [0.1, 0.15) is 18.1 Å². The zero-order valence-electron chi connectivity index (χ0n) is 15.1. The first kappa shape index (κ1) is 18.4. The summed E-state index contributed by atoms with van der Waals surface area (Å²) in [5.74, 6) is -0.118. The minimum absolute atomic E-state index is 0.118. The van der Waals surface area contributed by atoms with Gasteiger partial charge in [-0.3, -0.25) is 4.79 Å². The number of nitrogens with one attached hydrogen (secondary N) is 1. The Kier molecular flexibility index (Phi) is 5.58. The van der Waals surface area contributed by atoms with Crippen LogP contribution < -0.4 is 5.32 Å². The fourth-order valence-corrected chi connectivity index (χ4v) is 5.90. The standard InChI is InChI=1S/C21H22NO3P/c1-16(23)22-19-14-20(17-10-6-4-7-11-17)26(24-2,25-3)21(15-19)18-12-8-5-9-13-18/h4-15H,1-3H3,(H,22,23). The zero-order chi connectivity index (χ0) is 18.6. The second-order valence-corrected chi connectivity index (χ2v) is 8.64. The van der Waals surface area contributed by atoms with Crippen molar-refractivity contribution >= 4 is 23.9 Å². The molecule has 0 radical (unpaired) electrons. The Morgan fingerprint density at radius 1 is 0.846 bits per heavy atom. The van der Waals surface area contributed by atoms with Gasteiger partial charge in [-0.25, -0.2) is 0 Å². The van der Waals surface area contributed by atoms with Crippen LogP contribution in [-0.4, -0.2) is 25.4 Å². The molecule has 1 heterocycles. The number of carbonyl (C=O) groups is 1. The predicted molar refractivity (Wildman–Crippen MR) is 108 cm³/mol. The molecule has 134 valence electrons. The van der Waals surface area contributed by atoms with E-state index in [1.807, 2.05) is 72.8 Å². The van der Waals surface area contributed by atoms with Gasteiger partial charge in [0.2, 0.25) is 5.91 Å². The predicted octanol–water partition coefficient (Wildman–Crippen LogP) is 4.42. The Morgan fingerprint density at radius 3 is 1.88 bits per heavy atom. The van der Waals surface area contributed by atoms with Gasteiger partial charge in [-0.15, -0.1) is 0 Å². The van der Waals surface area contributed by atoms with E-state index < -0.39 is 7.34 Å². The summed E-state index contributed by atoms with van der Waals surface area (Å²) in [7, 11) is 0.803. The van der Waals surface area contributed by atoms with Crippen LogP contribution in [0.15, 0.2) is 78.5 Å². The van der Waals surface area contributed by atoms with E-state index in [0.29, 0.717) is 0 Å². The lowest BCUT2D eigenvalue weighted by Gasteiger charge is -2.32. The third kappa shape index (κ3) is 3.45. The minimum Gasteiger partial charge on any atom is -0.337 e. The van der Waals surface area contributed by atoms with Gasteiger partial charge in [0.25, 0.3) is 0 Å². The largest absolute Gasteiger partial charge is 0.337 e. The average molecular weight is 367 g/mol. The van der Waals surface area contributed by atoms with Gasteiger partial charge >= 0.3 is 0 Å². The molecule has 1 N–H and O–H groups in total. The van der Waals surface area contributed by atoms with Crippen LogP contribution in [-0.2, 0) is 13.8 Å². The first-order chi connectivity index (χ1) is 12.6. The van der Waals surface area contributed by atoms with Crippen LogP contribution in [0.3, 0.4) is 0 Å². The van der Waals surface area contributed by atoms with E-state index in [9.17, 15) is 4.79 Å². The lowest BCUT2D eigenvalue weighted by atomic mass is 10.1. The van der Waals surface area contributed by atoms with E-state index in [1.165, 1.54) is 6.92 Å². The Labute approximate surface area is 154 Å². The van der Waals surface area contributed by atoms with Gasteiger partial charge in [-0.1, -0.05) is 60.7 Å². The number of rotatable bonds is 5. The van der Waals surface area contributed by atoms with E-state index in [1.54, 1.807) is 14.2 Å².